The summed E-state index contributed by atoms with van der Waals surface area (Å²) < 4.78 is 17.1. The van der Waals surface area contributed by atoms with Gasteiger partial charge in [-0.1, -0.05) is 19.9 Å². The number of methoxy groups -OCH3 is 1. The molecule has 0 atom stereocenters. The van der Waals surface area contributed by atoms with Crippen LogP contribution < -0.4 is 0 Å². The van der Waals surface area contributed by atoms with Gasteiger partial charge >= 0.3 is 5.97 Å². The van der Waals surface area contributed by atoms with Crippen LogP contribution in [-0.4, -0.2) is 25.3 Å². The summed E-state index contributed by atoms with van der Waals surface area (Å²) in [6, 6.07) is 4.02. The Bertz CT molecular complexity index is 311. The molecule has 0 unspecified atom stereocenters. The molecule has 0 aliphatic heterocycles. The van der Waals surface area contributed by atoms with Gasteiger partial charge in [0.05, 0.1) is 12.7 Å². The zero-order valence-electron chi connectivity index (χ0n) is 10.4. The topological polar surface area (TPSA) is 46.5 Å². The number of aryl methyl sites for hydroxylation is 1. The highest BCUT2D eigenvalue weighted by Gasteiger charge is 2.09. The van der Waals surface area contributed by atoms with Crippen molar-refractivity contribution < 1.29 is 19.0 Å². The smallest absolute Gasteiger partial charge is 0.338 e. The van der Waals surface area contributed by atoms with Gasteiger partial charge in [-0.2, -0.15) is 0 Å². The average molecular weight is 230 g/mol. The van der Waals surface area contributed by atoms with E-state index in [-0.39, 0.29) is 5.56 Å². The summed E-state index contributed by atoms with van der Waals surface area (Å²) in [5, 5.41) is 7.00. The first kappa shape index (κ1) is 17.0. The Morgan fingerprint density at radius 3 is 2.25 bits per heavy atom. The molecule has 0 aromatic heterocycles. The van der Waals surface area contributed by atoms with Crippen molar-refractivity contribution in [3.8, 4) is 0 Å². The minimum Gasteiger partial charge on any atom is -0.465 e. The minimum atomic E-state index is -0.507. The number of hydrogen-bond acceptors (Lipinski definition) is 3. The highest BCUT2D eigenvalue weighted by molar-refractivity contribution is 5.90. The summed E-state index contributed by atoms with van der Waals surface area (Å²) in [4.78, 5) is 11.0. The van der Waals surface area contributed by atoms with E-state index in [2.05, 4.69) is 4.74 Å². The predicted molar refractivity (Wildman–Crippen MR) is 62.0 cm³/mol. The number of carbonyl (C=O) groups is 1. The Balaban J connectivity index is 0. The summed E-state index contributed by atoms with van der Waals surface area (Å²) >= 11 is 0. The number of esters is 1. The maximum atomic E-state index is 12.6. The van der Waals surface area contributed by atoms with Crippen molar-refractivity contribution in [2.75, 3.05) is 14.2 Å². The molecule has 0 saturated carbocycles. The van der Waals surface area contributed by atoms with Crippen LogP contribution in [0, 0.1) is 12.7 Å². The SMILES string of the molecule is CC.CO.COC(=O)c1cc(F)ccc1C. The molecule has 1 rings (SSSR count). The molecule has 0 radical (unpaired) electrons. The summed E-state index contributed by atoms with van der Waals surface area (Å²) in [6.07, 6.45) is 0. The van der Waals surface area contributed by atoms with E-state index in [1.165, 1.54) is 19.2 Å². The maximum absolute atomic E-state index is 12.6. The van der Waals surface area contributed by atoms with E-state index in [9.17, 15) is 9.18 Å². The molecule has 0 spiro atoms. The molecular weight excluding hydrogens is 211 g/mol. The zero-order chi connectivity index (χ0) is 13.1. The second-order valence-electron chi connectivity index (χ2n) is 2.45. The quantitative estimate of drug-likeness (QED) is 0.754. The largest absolute Gasteiger partial charge is 0.465 e. The molecule has 0 amide bonds. The molecule has 0 fully saturated rings. The van der Waals surface area contributed by atoms with Crippen molar-refractivity contribution in [3.05, 3.63) is 35.1 Å². The Labute approximate surface area is 95.9 Å². The second kappa shape index (κ2) is 10.1. The molecule has 1 aromatic carbocycles. The Hall–Kier alpha value is -1.42. The summed E-state index contributed by atoms with van der Waals surface area (Å²) in [6.45, 7) is 5.73. The fourth-order valence-corrected chi connectivity index (χ4v) is 0.924. The molecule has 16 heavy (non-hydrogen) atoms. The van der Waals surface area contributed by atoms with Crippen molar-refractivity contribution in [2.24, 2.45) is 0 Å². The van der Waals surface area contributed by atoms with E-state index < -0.39 is 11.8 Å². The van der Waals surface area contributed by atoms with Gasteiger partial charge in [0.2, 0.25) is 0 Å². The third kappa shape index (κ3) is 5.46. The molecule has 1 aromatic rings. The van der Waals surface area contributed by atoms with Crippen LogP contribution >= 0.6 is 0 Å². The summed E-state index contributed by atoms with van der Waals surface area (Å²) in [7, 11) is 2.27. The molecular formula is C12H19FO3. The van der Waals surface area contributed by atoms with Gasteiger partial charge in [-0.15, -0.1) is 0 Å². The van der Waals surface area contributed by atoms with E-state index in [1.54, 1.807) is 13.0 Å². The van der Waals surface area contributed by atoms with Gasteiger partial charge in [-0.25, -0.2) is 9.18 Å². The Morgan fingerprint density at radius 1 is 1.31 bits per heavy atom. The number of carbonyl (C=O) groups excluding carboxylic acids is 1. The van der Waals surface area contributed by atoms with Gasteiger partial charge in [0, 0.05) is 7.11 Å². The molecule has 3 nitrogen and oxygen atoms in total. The third-order valence-corrected chi connectivity index (χ3v) is 1.60. The first-order valence-electron chi connectivity index (χ1n) is 4.94. The highest BCUT2D eigenvalue weighted by Crippen LogP contribution is 2.10. The fourth-order valence-electron chi connectivity index (χ4n) is 0.924. The molecule has 0 saturated heterocycles. The van der Waals surface area contributed by atoms with Crippen LogP contribution in [0.4, 0.5) is 4.39 Å². The van der Waals surface area contributed by atoms with Gasteiger partial charge in [-0.05, 0) is 24.6 Å². The monoisotopic (exact) mass is 230 g/mol. The van der Waals surface area contributed by atoms with Crippen molar-refractivity contribution >= 4 is 5.97 Å². The number of benzene rings is 1. The van der Waals surface area contributed by atoms with Crippen molar-refractivity contribution in [2.45, 2.75) is 20.8 Å². The number of aliphatic hydroxyl groups is 1. The van der Waals surface area contributed by atoms with Crippen LogP contribution in [0.2, 0.25) is 0 Å². The standard InChI is InChI=1S/C9H9FO2.C2H6.CH4O/c1-6-3-4-7(10)5-8(6)9(11)12-2;2*1-2/h3-5H,1-2H3;1-2H3;2H,1H3. The Kier molecular flexibility index (Phi) is 10.7. The average Bonchev–Trinajstić information content (AvgIpc) is 2.36. The molecule has 0 heterocycles. The van der Waals surface area contributed by atoms with Gasteiger partial charge in [-0.3, -0.25) is 0 Å². The van der Waals surface area contributed by atoms with Crippen LogP contribution in [0.3, 0.4) is 0 Å². The van der Waals surface area contributed by atoms with Crippen LogP contribution in [0.15, 0.2) is 18.2 Å². The number of aliphatic hydroxyl groups excluding tert-OH is 1. The van der Waals surface area contributed by atoms with Gasteiger partial charge < -0.3 is 9.84 Å². The molecule has 0 bridgehead atoms. The first-order valence-corrected chi connectivity index (χ1v) is 4.94. The lowest BCUT2D eigenvalue weighted by atomic mass is 10.1. The summed E-state index contributed by atoms with van der Waals surface area (Å²) in [5.41, 5.74) is 0.987. The van der Waals surface area contributed by atoms with E-state index in [1.807, 2.05) is 13.8 Å². The van der Waals surface area contributed by atoms with Gasteiger partial charge in [0.15, 0.2) is 0 Å². The van der Waals surface area contributed by atoms with Gasteiger partial charge in [0.1, 0.15) is 5.82 Å². The second-order valence-corrected chi connectivity index (χ2v) is 2.45. The predicted octanol–water partition coefficient (Wildman–Crippen LogP) is 2.56. The molecule has 0 aliphatic carbocycles. The van der Waals surface area contributed by atoms with E-state index in [0.29, 0.717) is 5.56 Å². The minimum absolute atomic E-state index is 0.275. The molecule has 0 aliphatic rings. The number of halogens is 1. The Morgan fingerprint density at radius 2 is 1.81 bits per heavy atom. The van der Waals surface area contributed by atoms with Crippen LogP contribution in [0.1, 0.15) is 29.8 Å². The number of rotatable bonds is 1. The molecule has 92 valence electrons. The van der Waals surface area contributed by atoms with E-state index in [4.69, 9.17) is 5.11 Å². The van der Waals surface area contributed by atoms with Gasteiger partial charge in [0.25, 0.3) is 0 Å². The van der Waals surface area contributed by atoms with E-state index in [0.717, 1.165) is 7.11 Å². The summed E-state index contributed by atoms with van der Waals surface area (Å²) in [5.74, 6) is -0.937. The maximum Gasteiger partial charge on any atom is 0.338 e. The lowest BCUT2D eigenvalue weighted by Crippen LogP contribution is -2.03. The lowest BCUT2D eigenvalue weighted by Gasteiger charge is -2.02. The third-order valence-electron chi connectivity index (χ3n) is 1.60. The van der Waals surface area contributed by atoms with Crippen LogP contribution in [0.5, 0.6) is 0 Å². The molecule has 1 N–H and O–H groups in total. The van der Waals surface area contributed by atoms with Crippen LogP contribution in [-0.2, 0) is 4.74 Å². The number of ether oxygens (including phenoxy) is 1. The zero-order valence-corrected chi connectivity index (χ0v) is 10.4. The normalized spacial score (nSPS) is 7.94. The lowest BCUT2D eigenvalue weighted by molar-refractivity contribution is 0.0599. The van der Waals surface area contributed by atoms with Crippen LogP contribution in [0.25, 0.3) is 0 Å². The first-order chi connectivity index (χ1) is 7.65. The van der Waals surface area contributed by atoms with Crippen molar-refractivity contribution in [1.29, 1.82) is 0 Å². The van der Waals surface area contributed by atoms with E-state index >= 15 is 0 Å². The fraction of sp³-hybridized carbons (Fsp3) is 0.417. The van der Waals surface area contributed by atoms with Crippen molar-refractivity contribution in [1.82, 2.24) is 0 Å². The highest BCUT2D eigenvalue weighted by atomic mass is 19.1. The molecule has 4 heteroatoms. The van der Waals surface area contributed by atoms with Crippen molar-refractivity contribution in [3.63, 3.8) is 0 Å². The number of hydrogen-bond donors (Lipinski definition) is 1.